The molecule has 1 heterocycles. The van der Waals surface area contributed by atoms with Crippen molar-refractivity contribution in [3.05, 3.63) is 34.5 Å². The van der Waals surface area contributed by atoms with Crippen molar-refractivity contribution in [3.63, 3.8) is 0 Å². The lowest BCUT2D eigenvalue weighted by atomic mass is 10.1. The first-order valence-corrected chi connectivity index (χ1v) is 5.20. The summed E-state index contributed by atoms with van der Waals surface area (Å²) < 4.78 is 1.28. The second kappa shape index (κ2) is 3.80. The predicted octanol–water partition coefficient (Wildman–Crippen LogP) is 1.76. The number of hydrogen-bond donors (Lipinski definition) is 1. The summed E-state index contributed by atoms with van der Waals surface area (Å²) in [6.07, 6.45) is 1.49. The molecule has 18 heavy (non-hydrogen) atoms. The fraction of sp³-hybridized carbons (Fsp3) is 0.273. The van der Waals surface area contributed by atoms with Crippen LogP contribution in [0.15, 0.2) is 24.4 Å². The van der Waals surface area contributed by atoms with E-state index in [2.05, 4.69) is 5.10 Å². The Morgan fingerprint density at radius 2 is 2.17 bits per heavy atom. The van der Waals surface area contributed by atoms with Crippen molar-refractivity contribution in [1.29, 1.82) is 0 Å². The van der Waals surface area contributed by atoms with E-state index in [0.29, 0.717) is 10.9 Å². The van der Waals surface area contributed by atoms with Gasteiger partial charge in [-0.05, 0) is 19.9 Å². The number of hydrogen-bond acceptors (Lipinski definition) is 4. The van der Waals surface area contributed by atoms with Gasteiger partial charge in [0.25, 0.3) is 5.69 Å². The summed E-state index contributed by atoms with van der Waals surface area (Å²) in [6, 6.07) is 4.24. The van der Waals surface area contributed by atoms with Crippen molar-refractivity contribution in [3.8, 4) is 0 Å². The molecule has 0 saturated heterocycles. The highest BCUT2D eigenvalue weighted by atomic mass is 16.6. The molecule has 1 aromatic carbocycles. The van der Waals surface area contributed by atoms with Gasteiger partial charge in [0.1, 0.15) is 0 Å². The van der Waals surface area contributed by atoms with Crippen molar-refractivity contribution in [2.75, 3.05) is 0 Å². The average molecular weight is 249 g/mol. The van der Waals surface area contributed by atoms with Crippen LogP contribution in [0.25, 0.3) is 10.9 Å². The summed E-state index contributed by atoms with van der Waals surface area (Å²) in [7, 11) is 0. The van der Waals surface area contributed by atoms with Crippen molar-refractivity contribution in [1.82, 2.24) is 9.78 Å². The molecule has 0 aliphatic carbocycles. The van der Waals surface area contributed by atoms with Crippen molar-refractivity contribution < 1.29 is 14.8 Å². The predicted molar refractivity (Wildman–Crippen MR) is 63.3 cm³/mol. The van der Waals surface area contributed by atoms with E-state index in [0.717, 1.165) is 0 Å². The quantitative estimate of drug-likeness (QED) is 0.660. The standard InChI is InChI=1S/C11H11N3O4/c1-11(2,10(15)16)13-9-5-8(14(17)18)4-3-7(9)6-12-13/h3-6H,1-2H3,(H,15,16). The highest BCUT2D eigenvalue weighted by molar-refractivity contribution is 5.84. The van der Waals surface area contributed by atoms with Gasteiger partial charge in [-0.15, -0.1) is 0 Å². The van der Waals surface area contributed by atoms with E-state index in [1.54, 1.807) is 6.07 Å². The van der Waals surface area contributed by atoms with Gasteiger partial charge in [0.05, 0.1) is 16.6 Å². The fourth-order valence-electron chi connectivity index (χ4n) is 1.66. The van der Waals surface area contributed by atoms with Crippen molar-refractivity contribution in [2.24, 2.45) is 0 Å². The summed E-state index contributed by atoms with van der Waals surface area (Å²) in [5.74, 6) is -1.06. The van der Waals surface area contributed by atoms with Crippen LogP contribution in [0.3, 0.4) is 0 Å². The molecule has 1 aromatic heterocycles. The maximum atomic E-state index is 11.2. The SMILES string of the molecule is CC(C)(C(=O)O)n1ncc2ccc([N+](=O)[O-])cc21. The molecule has 0 unspecified atom stereocenters. The first-order valence-electron chi connectivity index (χ1n) is 5.20. The van der Waals surface area contributed by atoms with Gasteiger partial charge in [-0.25, -0.2) is 9.48 Å². The van der Waals surface area contributed by atoms with Crippen LogP contribution in [0, 0.1) is 10.1 Å². The number of rotatable bonds is 3. The van der Waals surface area contributed by atoms with Crippen LogP contribution in [-0.4, -0.2) is 25.8 Å². The lowest BCUT2D eigenvalue weighted by molar-refractivity contribution is -0.384. The number of nitrogens with zero attached hydrogens (tertiary/aromatic N) is 3. The maximum absolute atomic E-state index is 11.2. The van der Waals surface area contributed by atoms with E-state index >= 15 is 0 Å². The molecule has 0 aliphatic rings. The van der Waals surface area contributed by atoms with Crippen LogP contribution in [0.2, 0.25) is 0 Å². The maximum Gasteiger partial charge on any atom is 0.331 e. The number of carbonyl (C=O) groups is 1. The molecule has 7 nitrogen and oxygen atoms in total. The Kier molecular flexibility index (Phi) is 2.54. The molecule has 2 rings (SSSR count). The molecule has 0 amide bonds. The second-order valence-corrected chi connectivity index (χ2v) is 4.42. The van der Waals surface area contributed by atoms with E-state index in [9.17, 15) is 14.9 Å². The molecule has 0 atom stereocenters. The molecule has 0 saturated carbocycles. The number of aromatic nitrogens is 2. The number of fused-ring (bicyclic) bond motifs is 1. The molecular formula is C11H11N3O4. The van der Waals surface area contributed by atoms with Crippen LogP contribution < -0.4 is 0 Å². The average Bonchev–Trinajstić information content (AvgIpc) is 2.71. The Morgan fingerprint density at radius 3 is 2.72 bits per heavy atom. The van der Waals surface area contributed by atoms with Gasteiger partial charge in [-0.3, -0.25) is 10.1 Å². The third-order valence-corrected chi connectivity index (χ3v) is 2.82. The van der Waals surface area contributed by atoms with Gasteiger partial charge in [0, 0.05) is 17.5 Å². The van der Waals surface area contributed by atoms with Crippen LogP contribution in [-0.2, 0) is 10.3 Å². The normalized spacial score (nSPS) is 11.7. The van der Waals surface area contributed by atoms with Crippen molar-refractivity contribution in [2.45, 2.75) is 19.4 Å². The summed E-state index contributed by atoms with van der Waals surface area (Å²) in [4.78, 5) is 21.4. The Balaban J connectivity index is 2.69. The molecule has 1 N–H and O–H groups in total. The van der Waals surface area contributed by atoms with E-state index in [1.165, 1.54) is 36.9 Å². The van der Waals surface area contributed by atoms with Crippen molar-refractivity contribution >= 4 is 22.6 Å². The zero-order chi connectivity index (χ0) is 13.5. The molecule has 0 spiro atoms. The summed E-state index contributed by atoms with van der Waals surface area (Å²) in [6.45, 7) is 2.97. The van der Waals surface area contributed by atoms with Gasteiger partial charge < -0.3 is 5.11 Å². The topological polar surface area (TPSA) is 98.3 Å². The Bertz CT molecular complexity index is 645. The third kappa shape index (κ3) is 1.69. The van der Waals surface area contributed by atoms with Crippen LogP contribution in [0.5, 0.6) is 0 Å². The summed E-state index contributed by atoms with van der Waals surface area (Å²) in [5.41, 5.74) is -0.932. The summed E-state index contributed by atoms with van der Waals surface area (Å²) in [5, 5.41) is 24.5. The summed E-state index contributed by atoms with van der Waals surface area (Å²) >= 11 is 0. The molecule has 7 heteroatoms. The molecule has 0 fully saturated rings. The highest BCUT2D eigenvalue weighted by Gasteiger charge is 2.31. The molecular weight excluding hydrogens is 238 g/mol. The highest BCUT2D eigenvalue weighted by Crippen LogP contribution is 2.25. The third-order valence-electron chi connectivity index (χ3n) is 2.82. The Morgan fingerprint density at radius 1 is 1.50 bits per heavy atom. The smallest absolute Gasteiger partial charge is 0.331 e. The van der Waals surface area contributed by atoms with Gasteiger partial charge in [0.2, 0.25) is 0 Å². The second-order valence-electron chi connectivity index (χ2n) is 4.42. The Hall–Kier alpha value is -2.44. The van der Waals surface area contributed by atoms with E-state index < -0.39 is 16.4 Å². The largest absolute Gasteiger partial charge is 0.479 e. The number of nitro benzene ring substituents is 1. The molecule has 0 aliphatic heterocycles. The lowest BCUT2D eigenvalue weighted by Crippen LogP contribution is -2.36. The van der Waals surface area contributed by atoms with Gasteiger partial charge >= 0.3 is 5.97 Å². The van der Waals surface area contributed by atoms with E-state index in [-0.39, 0.29) is 5.69 Å². The van der Waals surface area contributed by atoms with Crippen LogP contribution in [0.1, 0.15) is 13.8 Å². The lowest BCUT2D eigenvalue weighted by Gasteiger charge is -2.20. The number of nitro groups is 1. The number of aliphatic carboxylic acids is 1. The van der Waals surface area contributed by atoms with Crippen LogP contribution >= 0.6 is 0 Å². The van der Waals surface area contributed by atoms with Gasteiger partial charge in [-0.1, -0.05) is 0 Å². The minimum atomic E-state index is -1.27. The fourth-order valence-corrected chi connectivity index (χ4v) is 1.66. The number of non-ortho nitro benzene ring substituents is 1. The number of benzene rings is 1. The number of carboxylic acid groups (broad SMARTS) is 1. The zero-order valence-electron chi connectivity index (χ0n) is 9.82. The molecule has 0 bridgehead atoms. The van der Waals surface area contributed by atoms with E-state index in [1.807, 2.05) is 0 Å². The first-order chi connectivity index (χ1) is 8.34. The molecule has 94 valence electrons. The van der Waals surface area contributed by atoms with Gasteiger partial charge in [0.15, 0.2) is 5.54 Å². The minimum Gasteiger partial charge on any atom is -0.479 e. The van der Waals surface area contributed by atoms with Crippen LogP contribution in [0.4, 0.5) is 5.69 Å². The molecule has 0 radical (unpaired) electrons. The van der Waals surface area contributed by atoms with Gasteiger partial charge in [-0.2, -0.15) is 5.10 Å². The first kappa shape index (κ1) is 12.0. The zero-order valence-corrected chi connectivity index (χ0v) is 9.82. The Labute approximate surface area is 102 Å². The number of carboxylic acids is 1. The van der Waals surface area contributed by atoms with E-state index in [4.69, 9.17) is 5.11 Å². The molecule has 2 aromatic rings. The minimum absolute atomic E-state index is 0.0922. The monoisotopic (exact) mass is 249 g/mol.